The predicted octanol–water partition coefficient (Wildman–Crippen LogP) is 2.30. The van der Waals surface area contributed by atoms with Crippen molar-refractivity contribution in [2.24, 2.45) is 0 Å². The van der Waals surface area contributed by atoms with E-state index in [9.17, 15) is 4.57 Å². The normalized spacial score (nSPS) is 11.6. The molecule has 14 heavy (non-hydrogen) atoms. The highest BCUT2D eigenvalue weighted by Crippen LogP contribution is 2.38. The molecule has 0 aliphatic carbocycles. The fourth-order valence-electron chi connectivity index (χ4n) is 1.16. The minimum atomic E-state index is -3.93. The van der Waals surface area contributed by atoms with Crippen LogP contribution in [0.3, 0.4) is 0 Å². The van der Waals surface area contributed by atoms with Crippen LogP contribution in [0.25, 0.3) is 0 Å². The maximum atomic E-state index is 10.7. The summed E-state index contributed by atoms with van der Waals surface area (Å²) in [5.41, 5.74) is 1.84. The molecule has 1 rings (SSSR count). The summed E-state index contributed by atoms with van der Waals surface area (Å²) in [6, 6.07) is 7.31. The molecule has 0 atom stereocenters. The van der Waals surface area contributed by atoms with E-state index in [1.54, 1.807) is 12.1 Å². The summed E-state index contributed by atoms with van der Waals surface area (Å²) in [6.45, 7) is 0. The smallest absolute Gasteiger partial charge is 0.324 e. The van der Waals surface area contributed by atoms with E-state index in [2.05, 4.69) is 15.9 Å². The topological polar surface area (TPSA) is 57.5 Å². The molecule has 0 bridgehead atoms. The van der Waals surface area contributed by atoms with E-state index in [0.29, 0.717) is 5.56 Å². The maximum absolute atomic E-state index is 10.7. The first-order chi connectivity index (χ1) is 6.51. The summed E-state index contributed by atoms with van der Waals surface area (Å²) in [4.78, 5) is 17.5. The SMILES string of the molecule is O=P(O)(O)Cc1ccc(CCBr)cc1. The Morgan fingerprint density at radius 2 is 1.64 bits per heavy atom. The second-order valence-electron chi connectivity index (χ2n) is 3.08. The van der Waals surface area contributed by atoms with Gasteiger partial charge >= 0.3 is 7.60 Å². The lowest BCUT2D eigenvalue weighted by Crippen LogP contribution is -1.89. The molecule has 0 aromatic heterocycles. The first-order valence-corrected chi connectivity index (χ1v) is 7.11. The molecule has 0 saturated carbocycles. The highest BCUT2D eigenvalue weighted by Gasteiger charge is 2.13. The van der Waals surface area contributed by atoms with Crippen LogP contribution in [-0.2, 0) is 17.1 Å². The fraction of sp³-hybridized carbons (Fsp3) is 0.333. The van der Waals surface area contributed by atoms with Crippen LogP contribution in [0.15, 0.2) is 24.3 Å². The molecule has 0 fully saturated rings. The van der Waals surface area contributed by atoms with Crippen molar-refractivity contribution < 1.29 is 14.4 Å². The zero-order valence-corrected chi connectivity index (χ0v) is 10.0. The summed E-state index contributed by atoms with van der Waals surface area (Å²) in [6.07, 6.45) is 0.748. The molecule has 0 saturated heterocycles. The van der Waals surface area contributed by atoms with Gasteiger partial charge in [0.2, 0.25) is 0 Å². The van der Waals surface area contributed by atoms with Crippen molar-refractivity contribution in [3.05, 3.63) is 35.4 Å². The quantitative estimate of drug-likeness (QED) is 0.656. The van der Waals surface area contributed by atoms with E-state index in [-0.39, 0.29) is 6.16 Å². The first kappa shape index (κ1) is 11.9. The Morgan fingerprint density at radius 3 is 2.07 bits per heavy atom. The second kappa shape index (κ2) is 5.08. The Hall–Kier alpha value is -0.150. The third kappa shape index (κ3) is 4.38. The molecule has 0 aliphatic heterocycles. The largest absolute Gasteiger partial charge is 0.329 e. The van der Waals surface area contributed by atoms with Crippen LogP contribution in [0.2, 0.25) is 0 Å². The molecule has 5 heteroatoms. The number of hydrogen-bond donors (Lipinski definition) is 2. The van der Waals surface area contributed by atoms with Gasteiger partial charge in [-0.1, -0.05) is 40.2 Å². The summed E-state index contributed by atoms with van der Waals surface area (Å²) >= 11 is 3.33. The summed E-state index contributed by atoms with van der Waals surface area (Å²) in [5, 5.41) is 0.894. The lowest BCUT2D eigenvalue weighted by atomic mass is 10.1. The number of aryl methyl sites for hydroxylation is 1. The first-order valence-electron chi connectivity index (χ1n) is 4.19. The Kier molecular flexibility index (Phi) is 4.32. The lowest BCUT2D eigenvalue weighted by molar-refractivity contribution is 0.371. The molecule has 0 radical (unpaired) electrons. The number of benzene rings is 1. The van der Waals surface area contributed by atoms with Crippen molar-refractivity contribution in [3.63, 3.8) is 0 Å². The van der Waals surface area contributed by atoms with Gasteiger partial charge in [-0.25, -0.2) is 0 Å². The Balaban J connectivity index is 2.69. The molecular weight excluding hydrogens is 267 g/mol. The van der Waals surface area contributed by atoms with Gasteiger partial charge in [0.1, 0.15) is 0 Å². The molecule has 0 unspecified atom stereocenters. The molecule has 1 aromatic carbocycles. The lowest BCUT2D eigenvalue weighted by Gasteiger charge is -2.04. The number of hydrogen-bond acceptors (Lipinski definition) is 1. The van der Waals surface area contributed by atoms with Gasteiger partial charge in [0.05, 0.1) is 6.16 Å². The van der Waals surface area contributed by atoms with Gasteiger partial charge in [-0.2, -0.15) is 0 Å². The van der Waals surface area contributed by atoms with Crippen LogP contribution in [-0.4, -0.2) is 15.1 Å². The Labute approximate surface area is 91.4 Å². The molecule has 0 heterocycles. The van der Waals surface area contributed by atoms with Crippen LogP contribution in [0, 0.1) is 0 Å². The molecule has 1 aromatic rings. The van der Waals surface area contributed by atoms with Gasteiger partial charge in [0.25, 0.3) is 0 Å². The van der Waals surface area contributed by atoms with Crippen molar-refractivity contribution in [1.82, 2.24) is 0 Å². The molecule has 0 aliphatic rings. The van der Waals surface area contributed by atoms with Gasteiger partial charge in [-0.3, -0.25) is 4.57 Å². The van der Waals surface area contributed by atoms with Crippen molar-refractivity contribution in [2.45, 2.75) is 12.6 Å². The Bertz CT molecular complexity index is 330. The zero-order chi connectivity index (χ0) is 10.6. The standard InChI is InChI=1S/C9H12BrO3P/c10-6-5-8-1-3-9(4-2-8)7-14(11,12)13/h1-4H,5-7H2,(H2,11,12,13). The van der Waals surface area contributed by atoms with E-state index in [1.807, 2.05) is 12.1 Å². The van der Waals surface area contributed by atoms with Crippen molar-refractivity contribution >= 4 is 23.5 Å². The third-order valence-electron chi connectivity index (χ3n) is 1.79. The van der Waals surface area contributed by atoms with Gasteiger partial charge < -0.3 is 9.79 Å². The number of rotatable bonds is 4. The predicted molar refractivity (Wildman–Crippen MR) is 59.7 cm³/mol. The highest BCUT2D eigenvalue weighted by atomic mass is 79.9. The molecule has 78 valence electrons. The van der Waals surface area contributed by atoms with Crippen LogP contribution in [0.1, 0.15) is 11.1 Å². The second-order valence-corrected chi connectivity index (χ2v) is 5.52. The number of alkyl halides is 1. The van der Waals surface area contributed by atoms with Crippen molar-refractivity contribution in [3.8, 4) is 0 Å². The minimum Gasteiger partial charge on any atom is -0.324 e. The zero-order valence-electron chi connectivity index (χ0n) is 7.56. The van der Waals surface area contributed by atoms with E-state index in [1.165, 1.54) is 0 Å². The highest BCUT2D eigenvalue weighted by molar-refractivity contribution is 9.09. The average molecular weight is 279 g/mol. The summed E-state index contributed by atoms with van der Waals surface area (Å²) in [5.74, 6) is 0. The molecule has 2 N–H and O–H groups in total. The van der Waals surface area contributed by atoms with Gasteiger partial charge in [0.15, 0.2) is 0 Å². The Morgan fingerprint density at radius 1 is 1.14 bits per heavy atom. The van der Waals surface area contributed by atoms with Crippen LogP contribution >= 0.6 is 23.5 Å². The molecule has 3 nitrogen and oxygen atoms in total. The van der Waals surface area contributed by atoms with Crippen molar-refractivity contribution in [2.75, 3.05) is 5.33 Å². The van der Waals surface area contributed by atoms with E-state index in [0.717, 1.165) is 17.3 Å². The fourth-order valence-corrected chi connectivity index (χ4v) is 2.30. The summed E-state index contributed by atoms with van der Waals surface area (Å²) in [7, 11) is -3.93. The van der Waals surface area contributed by atoms with Crippen molar-refractivity contribution in [1.29, 1.82) is 0 Å². The van der Waals surface area contributed by atoms with Gasteiger partial charge in [-0.05, 0) is 17.5 Å². The van der Waals surface area contributed by atoms with E-state index in [4.69, 9.17) is 9.79 Å². The van der Waals surface area contributed by atoms with Crippen LogP contribution in [0.4, 0.5) is 0 Å². The molecule has 0 amide bonds. The minimum absolute atomic E-state index is 0.179. The van der Waals surface area contributed by atoms with Gasteiger partial charge in [0, 0.05) is 5.33 Å². The number of halogens is 1. The average Bonchev–Trinajstić information content (AvgIpc) is 2.06. The third-order valence-corrected chi connectivity index (χ3v) is 2.97. The molecular formula is C9H12BrO3P. The van der Waals surface area contributed by atoms with Crippen LogP contribution < -0.4 is 0 Å². The van der Waals surface area contributed by atoms with Crippen LogP contribution in [0.5, 0.6) is 0 Å². The maximum Gasteiger partial charge on any atom is 0.329 e. The van der Waals surface area contributed by atoms with E-state index < -0.39 is 7.60 Å². The van der Waals surface area contributed by atoms with Gasteiger partial charge in [-0.15, -0.1) is 0 Å². The van der Waals surface area contributed by atoms with E-state index >= 15 is 0 Å². The summed E-state index contributed by atoms with van der Waals surface area (Å²) < 4.78 is 10.7. The molecule has 0 spiro atoms. The monoisotopic (exact) mass is 278 g/mol.